The molecule has 0 aliphatic heterocycles. The third-order valence-electron chi connectivity index (χ3n) is 4.52. The molecule has 1 unspecified atom stereocenters. The van der Waals surface area contributed by atoms with Gasteiger partial charge in [0.1, 0.15) is 0 Å². The molecule has 1 aliphatic rings. The van der Waals surface area contributed by atoms with Crippen LogP contribution in [0.5, 0.6) is 0 Å². The summed E-state index contributed by atoms with van der Waals surface area (Å²) < 4.78 is 5.08. The third kappa shape index (κ3) is 1.52. The molecule has 0 saturated heterocycles. The van der Waals surface area contributed by atoms with Crippen LogP contribution in [0.1, 0.15) is 25.8 Å². The summed E-state index contributed by atoms with van der Waals surface area (Å²) in [6, 6.07) is 14.4. The Morgan fingerprint density at radius 3 is 2.37 bits per heavy atom. The molecular formula is C17H18O2. The van der Waals surface area contributed by atoms with Gasteiger partial charge in [-0.1, -0.05) is 56.3 Å². The van der Waals surface area contributed by atoms with Gasteiger partial charge in [-0.05, 0) is 28.2 Å². The SMILES string of the molecule is COC(=O)C1(c2cccc3ccccc23)CC1(C)C. The smallest absolute Gasteiger partial charge is 0.316 e. The van der Waals surface area contributed by atoms with Crippen LogP contribution in [0.2, 0.25) is 0 Å². The minimum absolute atomic E-state index is 0.0375. The Balaban J connectivity index is 2.27. The first-order valence-electron chi connectivity index (χ1n) is 6.59. The molecule has 2 aromatic carbocycles. The van der Waals surface area contributed by atoms with Crippen molar-refractivity contribution in [2.45, 2.75) is 25.7 Å². The first kappa shape index (κ1) is 12.2. The van der Waals surface area contributed by atoms with Crippen LogP contribution >= 0.6 is 0 Å². The Morgan fingerprint density at radius 1 is 1.11 bits per heavy atom. The summed E-state index contributed by atoms with van der Waals surface area (Å²) in [4.78, 5) is 12.3. The van der Waals surface area contributed by atoms with Crippen molar-refractivity contribution in [2.75, 3.05) is 7.11 Å². The lowest BCUT2D eigenvalue weighted by atomic mass is 9.85. The Labute approximate surface area is 113 Å². The Hall–Kier alpha value is -1.83. The number of carbonyl (C=O) groups is 1. The summed E-state index contributed by atoms with van der Waals surface area (Å²) in [5, 5.41) is 2.33. The minimum Gasteiger partial charge on any atom is -0.468 e. The Kier molecular flexibility index (Phi) is 2.46. The Morgan fingerprint density at radius 2 is 1.74 bits per heavy atom. The van der Waals surface area contributed by atoms with E-state index in [4.69, 9.17) is 4.74 Å². The zero-order valence-electron chi connectivity index (χ0n) is 11.6. The van der Waals surface area contributed by atoms with E-state index in [1.165, 1.54) is 12.5 Å². The third-order valence-corrected chi connectivity index (χ3v) is 4.52. The monoisotopic (exact) mass is 254 g/mol. The molecule has 2 nitrogen and oxygen atoms in total. The van der Waals surface area contributed by atoms with Gasteiger partial charge in [0.15, 0.2) is 0 Å². The van der Waals surface area contributed by atoms with Gasteiger partial charge < -0.3 is 4.74 Å². The number of hydrogen-bond acceptors (Lipinski definition) is 2. The lowest BCUT2D eigenvalue weighted by Gasteiger charge is -2.20. The van der Waals surface area contributed by atoms with Gasteiger partial charge in [-0.3, -0.25) is 4.79 Å². The topological polar surface area (TPSA) is 26.3 Å². The van der Waals surface area contributed by atoms with E-state index >= 15 is 0 Å². The Bertz CT molecular complexity index is 652. The molecule has 0 N–H and O–H groups in total. The molecule has 1 atom stereocenters. The molecule has 0 bridgehead atoms. The molecule has 98 valence electrons. The quantitative estimate of drug-likeness (QED) is 0.764. The summed E-state index contributed by atoms with van der Waals surface area (Å²) >= 11 is 0. The first-order valence-corrected chi connectivity index (χ1v) is 6.59. The molecular weight excluding hydrogens is 236 g/mol. The van der Waals surface area contributed by atoms with Crippen LogP contribution in [-0.2, 0) is 14.9 Å². The first-order chi connectivity index (χ1) is 9.03. The summed E-state index contributed by atoms with van der Waals surface area (Å²) in [6.07, 6.45) is 0.848. The number of methoxy groups -OCH3 is 1. The van der Waals surface area contributed by atoms with Crippen LogP contribution in [0.3, 0.4) is 0 Å². The molecule has 2 heteroatoms. The maximum Gasteiger partial charge on any atom is 0.316 e. The van der Waals surface area contributed by atoms with E-state index in [2.05, 4.69) is 38.1 Å². The summed E-state index contributed by atoms with van der Waals surface area (Å²) in [5.74, 6) is -0.117. The molecule has 1 fully saturated rings. The van der Waals surface area contributed by atoms with Crippen molar-refractivity contribution < 1.29 is 9.53 Å². The van der Waals surface area contributed by atoms with Crippen molar-refractivity contribution in [3.05, 3.63) is 48.0 Å². The van der Waals surface area contributed by atoms with Gasteiger partial charge in [-0.15, -0.1) is 0 Å². The van der Waals surface area contributed by atoms with E-state index in [0.717, 1.165) is 17.4 Å². The van der Waals surface area contributed by atoms with Crippen LogP contribution in [0.15, 0.2) is 42.5 Å². The van der Waals surface area contributed by atoms with Gasteiger partial charge in [0.2, 0.25) is 0 Å². The summed E-state index contributed by atoms with van der Waals surface area (Å²) in [6.45, 7) is 4.26. The van der Waals surface area contributed by atoms with E-state index < -0.39 is 5.41 Å². The van der Waals surface area contributed by atoms with Crippen LogP contribution in [0.25, 0.3) is 10.8 Å². The molecule has 0 aromatic heterocycles. The number of fused-ring (bicyclic) bond motifs is 1. The standard InChI is InChI=1S/C17H18O2/c1-16(2)11-17(16,15(18)19-3)14-10-6-8-12-7-4-5-9-13(12)14/h4-10H,11H2,1-3H3. The predicted octanol–water partition coefficient (Wildman–Crippen LogP) is 3.68. The number of esters is 1. The van der Waals surface area contributed by atoms with Crippen molar-refractivity contribution in [1.29, 1.82) is 0 Å². The minimum atomic E-state index is -0.484. The highest BCUT2D eigenvalue weighted by Crippen LogP contribution is 2.65. The highest BCUT2D eigenvalue weighted by Gasteiger charge is 2.68. The van der Waals surface area contributed by atoms with E-state index in [0.29, 0.717) is 0 Å². The van der Waals surface area contributed by atoms with Gasteiger partial charge in [0.05, 0.1) is 12.5 Å². The molecule has 1 saturated carbocycles. The highest BCUT2D eigenvalue weighted by molar-refractivity contribution is 5.96. The van der Waals surface area contributed by atoms with E-state index in [1.807, 2.05) is 18.2 Å². The fourth-order valence-corrected chi connectivity index (χ4v) is 3.31. The van der Waals surface area contributed by atoms with Gasteiger partial charge >= 0.3 is 5.97 Å². The maximum absolute atomic E-state index is 12.3. The molecule has 0 spiro atoms. The summed E-state index contributed by atoms with van der Waals surface area (Å²) in [7, 11) is 1.48. The van der Waals surface area contributed by atoms with Crippen molar-refractivity contribution in [3.8, 4) is 0 Å². The van der Waals surface area contributed by atoms with Gasteiger partial charge in [0.25, 0.3) is 0 Å². The van der Waals surface area contributed by atoms with Crippen molar-refractivity contribution >= 4 is 16.7 Å². The second kappa shape index (κ2) is 3.83. The zero-order valence-corrected chi connectivity index (χ0v) is 11.6. The lowest BCUT2D eigenvalue weighted by molar-refractivity contribution is -0.144. The zero-order chi connectivity index (χ0) is 13.7. The molecule has 3 rings (SSSR count). The molecule has 0 radical (unpaired) electrons. The fourth-order valence-electron chi connectivity index (χ4n) is 3.31. The normalized spacial score (nSPS) is 24.2. The largest absolute Gasteiger partial charge is 0.468 e. The van der Waals surface area contributed by atoms with Crippen LogP contribution in [0, 0.1) is 5.41 Å². The fraction of sp³-hybridized carbons (Fsp3) is 0.353. The van der Waals surface area contributed by atoms with E-state index in [9.17, 15) is 4.79 Å². The summed E-state index contributed by atoms with van der Waals surface area (Å²) in [5.41, 5.74) is 0.578. The van der Waals surface area contributed by atoms with Crippen LogP contribution < -0.4 is 0 Å². The van der Waals surface area contributed by atoms with Crippen molar-refractivity contribution in [3.63, 3.8) is 0 Å². The lowest BCUT2D eigenvalue weighted by Crippen LogP contribution is -2.27. The van der Waals surface area contributed by atoms with E-state index in [1.54, 1.807) is 0 Å². The average Bonchev–Trinajstić information content (AvgIpc) is 3.01. The number of carbonyl (C=O) groups excluding carboxylic acids is 1. The van der Waals surface area contributed by atoms with Gasteiger partial charge in [-0.2, -0.15) is 0 Å². The van der Waals surface area contributed by atoms with Crippen LogP contribution in [-0.4, -0.2) is 13.1 Å². The highest BCUT2D eigenvalue weighted by atomic mass is 16.5. The molecule has 2 aromatic rings. The van der Waals surface area contributed by atoms with E-state index in [-0.39, 0.29) is 11.4 Å². The number of benzene rings is 2. The van der Waals surface area contributed by atoms with Gasteiger partial charge in [0, 0.05) is 0 Å². The number of hydrogen-bond donors (Lipinski definition) is 0. The number of rotatable bonds is 2. The van der Waals surface area contributed by atoms with Crippen molar-refractivity contribution in [1.82, 2.24) is 0 Å². The predicted molar refractivity (Wildman–Crippen MR) is 76.0 cm³/mol. The second-order valence-electron chi connectivity index (χ2n) is 5.98. The van der Waals surface area contributed by atoms with Crippen molar-refractivity contribution in [2.24, 2.45) is 5.41 Å². The van der Waals surface area contributed by atoms with Crippen LogP contribution in [0.4, 0.5) is 0 Å². The molecule has 0 heterocycles. The molecule has 1 aliphatic carbocycles. The maximum atomic E-state index is 12.3. The number of ether oxygens (including phenoxy) is 1. The molecule has 0 amide bonds. The average molecular weight is 254 g/mol. The second-order valence-corrected chi connectivity index (χ2v) is 5.98. The molecule has 19 heavy (non-hydrogen) atoms. The van der Waals surface area contributed by atoms with Gasteiger partial charge in [-0.25, -0.2) is 0 Å².